The summed E-state index contributed by atoms with van der Waals surface area (Å²) in [6, 6.07) is 0. The molecule has 18 heavy (non-hydrogen) atoms. The van der Waals surface area contributed by atoms with Crippen LogP contribution >= 0.6 is 0 Å². The quantitative estimate of drug-likeness (QED) is 0.772. The molecule has 0 bridgehead atoms. The van der Waals surface area contributed by atoms with Gasteiger partial charge in [0, 0.05) is 19.0 Å². The Morgan fingerprint density at radius 2 is 1.94 bits per heavy atom. The Hall–Kier alpha value is -0.570. The van der Waals surface area contributed by atoms with Crippen molar-refractivity contribution >= 4 is 5.91 Å². The Morgan fingerprint density at radius 1 is 1.22 bits per heavy atom. The Kier molecular flexibility index (Phi) is 2.92. The first-order valence-corrected chi connectivity index (χ1v) is 7.52. The van der Waals surface area contributed by atoms with E-state index in [1.807, 2.05) is 0 Å². The number of piperidine rings is 2. The van der Waals surface area contributed by atoms with E-state index >= 15 is 0 Å². The number of amides is 1. The largest absolute Gasteiger partial charge is 0.342 e. The van der Waals surface area contributed by atoms with Crippen LogP contribution in [0, 0.1) is 16.7 Å². The summed E-state index contributed by atoms with van der Waals surface area (Å²) in [6.45, 7) is 8.76. The molecule has 3 aliphatic rings. The minimum Gasteiger partial charge on any atom is -0.342 e. The van der Waals surface area contributed by atoms with Gasteiger partial charge in [0.05, 0.1) is 0 Å². The molecule has 2 saturated heterocycles. The lowest BCUT2D eigenvalue weighted by Gasteiger charge is -2.38. The highest BCUT2D eigenvalue weighted by atomic mass is 16.2. The van der Waals surface area contributed by atoms with Gasteiger partial charge < -0.3 is 10.2 Å². The Bertz CT molecular complexity index is 344. The predicted octanol–water partition coefficient (Wildman–Crippen LogP) is 2.02. The van der Waals surface area contributed by atoms with Crippen molar-refractivity contribution in [2.24, 2.45) is 16.7 Å². The van der Waals surface area contributed by atoms with Gasteiger partial charge in [-0.1, -0.05) is 13.8 Å². The molecule has 0 aromatic carbocycles. The van der Waals surface area contributed by atoms with E-state index in [4.69, 9.17) is 0 Å². The molecule has 1 aliphatic carbocycles. The summed E-state index contributed by atoms with van der Waals surface area (Å²) in [6.07, 6.45) is 6.02. The van der Waals surface area contributed by atoms with Crippen LogP contribution in [0.3, 0.4) is 0 Å². The number of hydrogen-bond acceptors (Lipinski definition) is 2. The molecule has 1 N–H and O–H groups in total. The molecule has 0 radical (unpaired) electrons. The van der Waals surface area contributed by atoms with Gasteiger partial charge in [-0.25, -0.2) is 0 Å². The first kappa shape index (κ1) is 12.5. The molecule has 2 aliphatic heterocycles. The number of nitrogens with zero attached hydrogens (tertiary/aromatic N) is 1. The highest BCUT2D eigenvalue weighted by Gasteiger charge is 2.58. The van der Waals surface area contributed by atoms with Crippen LogP contribution < -0.4 is 5.32 Å². The van der Waals surface area contributed by atoms with Gasteiger partial charge in [0.1, 0.15) is 0 Å². The summed E-state index contributed by atoms with van der Waals surface area (Å²) >= 11 is 0. The first-order valence-electron chi connectivity index (χ1n) is 7.52. The van der Waals surface area contributed by atoms with Crippen LogP contribution in [-0.2, 0) is 4.79 Å². The van der Waals surface area contributed by atoms with Crippen molar-refractivity contribution in [2.45, 2.75) is 46.0 Å². The molecule has 0 aromatic heterocycles. The van der Waals surface area contributed by atoms with E-state index in [1.165, 1.54) is 25.7 Å². The van der Waals surface area contributed by atoms with Gasteiger partial charge >= 0.3 is 0 Å². The smallest absolute Gasteiger partial charge is 0.226 e. The van der Waals surface area contributed by atoms with E-state index in [9.17, 15) is 4.79 Å². The van der Waals surface area contributed by atoms with E-state index in [1.54, 1.807) is 0 Å². The van der Waals surface area contributed by atoms with Gasteiger partial charge in [0.2, 0.25) is 5.91 Å². The summed E-state index contributed by atoms with van der Waals surface area (Å²) in [5, 5.41) is 3.41. The van der Waals surface area contributed by atoms with E-state index in [0.29, 0.717) is 22.7 Å². The Morgan fingerprint density at radius 3 is 2.61 bits per heavy atom. The first-order chi connectivity index (χ1) is 8.53. The molecule has 0 aromatic rings. The van der Waals surface area contributed by atoms with Crippen LogP contribution in [0.25, 0.3) is 0 Å². The van der Waals surface area contributed by atoms with Crippen molar-refractivity contribution < 1.29 is 4.79 Å². The van der Waals surface area contributed by atoms with Crippen molar-refractivity contribution in [3.05, 3.63) is 0 Å². The minimum absolute atomic E-state index is 0.323. The van der Waals surface area contributed by atoms with Gasteiger partial charge in [-0.2, -0.15) is 0 Å². The van der Waals surface area contributed by atoms with Gasteiger partial charge in [0.25, 0.3) is 0 Å². The standard InChI is InChI=1S/C15H26N2O/c1-14(2)4-3-9-17(11-14)13(18)12-10-15(12)5-7-16-8-6-15/h12,16H,3-11H2,1-2H3. The number of hydrogen-bond donors (Lipinski definition) is 1. The van der Waals surface area contributed by atoms with Gasteiger partial charge in [-0.05, 0) is 56.0 Å². The minimum atomic E-state index is 0.323. The van der Waals surface area contributed by atoms with Gasteiger partial charge in [0.15, 0.2) is 0 Å². The molecule has 1 unspecified atom stereocenters. The molecule has 3 rings (SSSR count). The number of nitrogens with one attached hydrogen (secondary N) is 1. The maximum Gasteiger partial charge on any atom is 0.226 e. The summed E-state index contributed by atoms with van der Waals surface area (Å²) in [5.74, 6) is 0.818. The average Bonchev–Trinajstić information content (AvgIpc) is 3.01. The van der Waals surface area contributed by atoms with Crippen molar-refractivity contribution in [2.75, 3.05) is 26.2 Å². The average molecular weight is 250 g/mol. The number of likely N-dealkylation sites (tertiary alicyclic amines) is 1. The van der Waals surface area contributed by atoms with E-state index < -0.39 is 0 Å². The third-order valence-electron chi connectivity index (χ3n) is 5.30. The molecule has 1 saturated carbocycles. The normalized spacial score (nSPS) is 33.4. The lowest BCUT2D eigenvalue weighted by Crippen LogP contribution is -2.45. The van der Waals surface area contributed by atoms with Crippen LogP contribution in [0.15, 0.2) is 0 Å². The fourth-order valence-corrected chi connectivity index (χ4v) is 4.01. The third-order valence-corrected chi connectivity index (χ3v) is 5.30. The number of carbonyl (C=O) groups is 1. The lowest BCUT2D eigenvalue weighted by atomic mass is 9.83. The molecule has 102 valence electrons. The van der Waals surface area contributed by atoms with Crippen LogP contribution in [0.2, 0.25) is 0 Å². The zero-order valence-corrected chi connectivity index (χ0v) is 11.8. The van der Waals surface area contributed by atoms with Crippen LogP contribution in [0.1, 0.15) is 46.0 Å². The highest BCUT2D eigenvalue weighted by molar-refractivity contribution is 5.83. The maximum absolute atomic E-state index is 12.6. The molecule has 2 heterocycles. The lowest BCUT2D eigenvalue weighted by molar-refractivity contribution is -0.136. The summed E-state index contributed by atoms with van der Waals surface area (Å²) in [4.78, 5) is 14.8. The molecule has 3 nitrogen and oxygen atoms in total. The molecular weight excluding hydrogens is 224 g/mol. The van der Waals surface area contributed by atoms with Crippen LogP contribution in [0.4, 0.5) is 0 Å². The highest BCUT2D eigenvalue weighted by Crippen LogP contribution is 2.59. The van der Waals surface area contributed by atoms with Crippen LogP contribution in [-0.4, -0.2) is 37.0 Å². The van der Waals surface area contributed by atoms with Gasteiger partial charge in [-0.3, -0.25) is 4.79 Å². The number of rotatable bonds is 1. The van der Waals surface area contributed by atoms with Gasteiger partial charge in [-0.15, -0.1) is 0 Å². The molecule has 3 heteroatoms. The maximum atomic E-state index is 12.6. The zero-order chi connectivity index (χ0) is 12.8. The molecule has 1 atom stereocenters. The van der Waals surface area contributed by atoms with E-state index in [0.717, 1.165) is 32.6 Å². The van der Waals surface area contributed by atoms with E-state index in [2.05, 4.69) is 24.1 Å². The fraction of sp³-hybridized carbons (Fsp3) is 0.933. The Balaban J connectivity index is 1.62. The second-order valence-corrected chi connectivity index (χ2v) is 7.40. The fourth-order valence-electron chi connectivity index (χ4n) is 4.01. The van der Waals surface area contributed by atoms with Crippen LogP contribution in [0.5, 0.6) is 0 Å². The van der Waals surface area contributed by atoms with E-state index in [-0.39, 0.29) is 0 Å². The SMILES string of the molecule is CC1(C)CCCN(C(=O)C2CC23CCNCC3)C1. The zero-order valence-electron chi connectivity index (χ0n) is 11.8. The summed E-state index contributed by atoms with van der Waals surface area (Å²) in [7, 11) is 0. The third kappa shape index (κ3) is 2.18. The predicted molar refractivity (Wildman–Crippen MR) is 72.2 cm³/mol. The van der Waals surface area contributed by atoms with Crippen molar-refractivity contribution in [1.82, 2.24) is 10.2 Å². The summed E-state index contributed by atoms with van der Waals surface area (Å²) < 4.78 is 0. The van der Waals surface area contributed by atoms with Crippen molar-refractivity contribution in [3.8, 4) is 0 Å². The molecule has 3 fully saturated rings. The second kappa shape index (κ2) is 4.22. The van der Waals surface area contributed by atoms with Crippen molar-refractivity contribution in [3.63, 3.8) is 0 Å². The molecule has 1 spiro atoms. The number of carbonyl (C=O) groups excluding carboxylic acids is 1. The van der Waals surface area contributed by atoms with Crippen molar-refractivity contribution in [1.29, 1.82) is 0 Å². The Labute approximate surface area is 110 Å². The monoisotopic (exact) mass is 250 g/mol. The molecule has 1 amide bonds. The topological polar surface area (TPSA) is 32.3 Å². The second-order valence-electron chi connectivity index (χ2n) is 7.40. The summed E-state index contributed by atoms with van der Waals surface area (Å²) in [5.41, 5.74) is 0.716. The molecular formula is C15H26N2O.